The van der Waals surface area contributed by atoms with Gasteiger partial charge in [-0.05, 0) is 18.4 Å². The topological polar surface area (TPSA) is 84.3 Å². The zero-order chi connectivity index (χ0) is 10.7. The molecule has 0 aliphatic carbocycles. The van der Waals surface area contributed by atoms with Crippen molar-refractivity contribution < 1.29 is 14.3 Å². The van der Waals surface area contributed by atoms with E-state index < -0.39 is 0 Å². The second-order valence-electron chi connectivity index (χ2n) is 4.04. The minimum absolute atomic E-state index is 0.149. The summed E-state index contributed by atoms with van der Waals surface area (Å²) in [6.45, 7) is 1.55. The van der Waals surface area contributed by atoms with Gasteiger partial charge < -0.3 is 9.47 Å². The zero-order valence-corrected chi connectivity index (χ0v) is 8.39. The van der Waals surface area contributed by atoms with Gasteiger partial charge >= 0.3 is 5.97 Å². The molecule has 15 heavy (non-hydrogen) atoms. The van der Waals surface area contributed by atoms with E-state index in [1.165, 1.54) is 0 Å². The van der Waals surface area contributed by atoms with Gasteiger partial charge in [-0.15, -0.1) is 0 Å². The number of ether oxygens (including phenoxy) is 2. The number of rotatable bonds is 2. The smallest absolute Gasteiger partial charge is 0.306 e. The molecule has 0 saturated carbocycles. The van der Waals surface area contributed by atoms with E-state index in [0.717, 1.165) is 12.8 Å². The van der Waals surface area contributed by atoms with Crippen LogP contribution in [0.3, 0.4) is 0 Å². The summed E-state index contributed by atoms with van der Waals surface area (Å²) in [6.07, 6.45) is 1.79. The van der Waals surface area contributed by atoms with Crippen molar-refractivity contribution in [3.8, 4) is 0 Å². The Hall–Kier alpha value is -1.26. The summed E-state index contributed by atoms with van der Waals surface area (Å²) >= 11 is 0. The first-order valence-electron chi connectivity index (χ1n) is 5.05. The minimum atomic E-state index is -0.259. The van der Waals surface area contributed by atoms with E-state index in [2.05, 4.69) is 10.0 Å². The van der Waals surface area contributed by atoms with Crippen molar-refractivity contribution in [3.05, 3.63) is 10.4 Å². The van der Waals surface area contributed by atoms with Gasteiger partial charge in [0.2, 0.25) is 0 Å². The first-order chi connectivity index (χ1) is 7.27. The number of esters is 1. The third kappa shape index (κ3) is 1.91. The minimum Gasteiger partial charge on any atom is -0.462 e. The zero-order valence-electron chi connectivity index (χ0n) is 8.39. The Labute approximate surface area is 87.2 Å². The molecule has 6 heteroatoms. The van der Waals surface area contributed by atoms with Crippen molar-refractivity contribution >= 4 is 5.97 Å². The van der Waals surface area contributed by atoms with Crippen molar-refractivity contribution in [3.63, 3.8) is 0 Å². The molecule has 2 rings (SSSR count). The largest absolute Gasteiger partial charge is 0.462 e. The Morgan fingerprint density at radius 2 is 2.27 bits per heavy atom. The predicted molar refractivity (Wildman–Crippen MR) is 51.0 cm³/mol. The number of azide groups is 1. The Morgan fingerprint density at radius 1 is 1.53 bits per heavy atom. The molecular weight excluding hydrogens is 198 g/mol. The Balaban J connectivity index is 2.12. The van der Waals surface area contributed by atoms with E-state index in [9.17, 15) is 4.79 Å². The lowest BCUT2D eigenvalue weighted by molar-refractivity contribution is -0.141. The van der Waals surface area contributed by atoms with Gasteiger partial charge in [-0.1, -0.05) is 5.11 Å². The Bertz CT molecular complexity index is 306. The molecule has 1 unspecified atom stereocenters. The molecule has 2 aliphatic heterocycles. The average Bonchev–Trinajstić information content (AvgIpc) is 2.53. The van der Waals surface area contributed by atoms with Gasteiger partial charge in [0.25, 0.3) is 0 Å². The average molecular weight is 211 g/mol. The maximum atomic E-state index is 11.3. The molecule has 6 nitrogen and oxygen atoms in total. The van der Waals surface area contributed by atoms with Crippen LogP contribution in [-0.4, -0.2) is 31.8 Å². The molecule has 2 aliphatic rings. The summed E-state index contributed by atoms with van der Waals surface area (Å²) in [5.41, 5.74) is 8.12. The molecule has 1 atom stereocenters. The number of nitrogens with zero attached hydrogens (tertiary/aromatic N) is 3. The van der Waals surface area contributed by atoms with Gasteiger partial charge in [-0.25, -0.2) is 0 Å². The van der Waals surface area contributed by atoms with E-state index >= 15 is 0 Å². The third-order valence-corrected chi connectivity index (χ3v) is 3.25. The second kappa shape index (κ2) is 4.08. The summed E-state index contributed by atoms with van der Waals surface area (Å²) in [5.74, 6) is -0.185. The molecule has 82 valence electrons. The molecule has 0 amide bonds. The lowest BCUT2D eigenvalue weighted by Crippen LogP contribution is -2.38. The third-order valence-electron chi connectivity index (χ3n) is 3.25. The van der Waals surface area contributed by atoms with Crippen LogP contribution in [0.4, 0.5) is 0 Å². The number of hydrogen-bond donors (Lipinski definition) is 0. The summed E-state index contributed by atoms with van der Waals surface area (Å²) in [4.78, 5) is 14.0. The van der Waals surface area contributed by atoms with Crippen molar-refractivity contribution in [1.82, 2.24) is 0 Å². The molecule has 0 aromatic heterocycles. The number of carbonyl (C=O) groups is 1. The fourth-order valence-electron chi connectivity index (χ4n) is 2.34. The quantitative estimate of drug-likeness (QED) is 0.299. The molecular formula is C9H13N3O3. The van der Waals surface area contributed by atoms with Gasteiger partial charge in [0, 0.05) is 23.5 Å². The summed E-state index contributed by atoms with van der Waals surface area (Å²) < 4.78 is 10.5. The van der Waals surface area contributed by atoms with Crippen LogP contribution < -0.4 is 0 Å². The van der Waals surface area contributed by atoms with Gasteiger partial charge in [-0.2, -0.15) is 0 Å². The first kappa shape index (κ1) is 10.3. The Kier molecular flexibility index (Phi) is 2.79. The van der Waals surface area contributed by atoms with Crippen LogP contribution in [0.25, 0.3) is 10.4 Å². The van der Waals surface area contributed by atoms with Crippen LogP contribution in [0, 0.1) is 5.41 Å². The van der Waals surface area contributed by atoms with Gasteiger partial charge in [0.05, 0.1) is 13.0 Å². The number of hydrogen-bond acceptors (Lipinski definition) is 4. The van der Waals surface area contributed by atoms with Crippen molar-refractivity contribution in [2.75, 3.05) is 19.8 Å². The molecule has 2 fully saturated rings. The predicted octanol–water partition coefficient (Wildman–Crippen LogP) is 1.41. The van der Waals surface area contributed by atoms with E-state index in [4.69, 9.17) is 15.0 Å². The highest BCUT2D eigenvalue weighted by atomic mass is 16.6. The normalized spacial score (nSPS) is 28.5. The fourth-order valence-corrected chi connectivity index (χ4v) is 2.34. The van der Waals surface area contributed by atoms with E-state index in [1.807, 2.05) is 0 Å². The van der Waals surface area contributed by atoms with Crippen molar-refractivity contribution in [1.29, 1.82) is 0 Å². The maximum absolute atomic E-state index is 11.3. The van der Waals surface area contributed by atoms with Crippen LogP contribution in [0.2, 0.25) is 0 Å². The van der Waals surface area contributed by atoms with Gasteiger partial charge in [-0.3, -0.25) is 4.79 Å². The van der Waals surface area contributed by atoms with Crippen LogP contribution >= 0.6 is 0 Å². The molecule has 1 spiro atoms. The molecule has 2 saturated heterocycles. The standard InChI is InChI=1S/C9H13N3O3/c10-12-11-6-7-9(5-8(13)15-7)1-3-14-4-2-9/h7H,1-6H2. The van der Waals surface area contributed by atoms with Crippen molar-refractivity contribution in [2.45, 2.75) is 25.4 Å². The lowest BCUT2D eigenvalue weighted by Gasteiger charge is -2.35. The second-order valence-corrected chi connectivity index (χ2v) is 4.04. The molecule has 2 heterocycles. The monoisotopic (exact) mass is 211 g/mol. The van der Waals surface area contributed by atoms with E-state index in [-0.39, 0.29) is 24.0 Å². The van der Waals surface area contributed by atoms with E-state index in [1.54, 1.807) is 0 Å². The molecule has 0 radical (unpaired) electrons. The lowest BCUT2D eigenvalue weighted by atomic mass is 9.74. The summed E-state index contributed by atoms with van der Waals surface area (Å²) in [7, 11) is 0. The van der Waals surface area contributed by atoms with Crippen LogP contribution in [0.1, 0.15) is 19.3 Å². The maximum Gasteiger partial charge on any atom is 0.306 e. The van der Waals surface area contributed by atoms with Gasteiger partial charge in [0.1, 0.15) is 6.10 Å². The Morgan fingerprint density at radius 3 is 2.93 bits per heavy atom. The number of carbonyl (C=O) groups excluding carboxylic acids is 1. The van der Waals surface area contributed by atoms with Gasteiger partial charge in [0.15, 0.2) is 0 Å². The summed E-state index contributed by atoms with van der Waals surface area (Å²) in [5, 5.41) is 3.50. The summed E-state index contributed by atoms with van der Waals surface area (Å²) in [6, 6.07) is 0. The molecule has 0 bridgehead atoms. The SMILES string of the molecule is [N-]=[N+]=NCC1OC(=O)CC12CCOCC2. The van der Waals surface area contributed by atoms with Crippen LogP contribution in [0.15, 0.2) is 5.11 Å². The van der Waals surface area contributed by atoms with Crippen LogP contribution in [-0.2, 0) is 14.3 Å². The van der Waals surface area contributed by atoms with E-state index in [0.29, 0.717) is 19.6 Å². The molecule has 0 N–H and O–H groups in total. The highest BCUT2D eigenvalue weighted by molar-refractivity contribution is 5.73. The fraction of sp³-hybridized carbons (Fsp3) is 0.889. The highest BCUT2D eigenvalue weighted by Crippen LogP contribution is 2.44. The molecule has 0 aromatic carbocycles. The number of cyclic esters (lactones) is 1. The highest BCUT2D eigenvalue weighted by Gasteiger charge is 2.49. The van der Waals surface area contributed by atoms with Crippen molar-refractivity contribution in [2.24, 2.45) is 10.5 Å². The molecule has 0 aromatic rings. The first-order valence-corrected chi connectivity index (χ1v) is 5.05. The van der Waals surface area contributed by atoms with Crippen LogP contribution in [0.5, 0.6) is 0 Å².